The van der Waals surface area contributed by atoms with Gasteiger partial charge in [0.25, 0.3) is 11.8 Å². The van der Waals surface area contributed by atoms with Crippen LogP contribution < -0.4 is 10.2 Å². The summed E-state index contributed by atoms with van der Waals surface area (Å²) in [5, 5.41) is 15.4. The summed E-state index contributed by atoms with van der Waals surface area (Å²) in [7, 11) is 0. The molecule has 4 aromatic rings. The minimum Gasteiger partial charge on any atom is -0.508 e. The smallest absolute Gasteiger partial charge is 0.284 e. The number of rotatable bonds is 3. The van der Waals surface area contributed by atoms with Crippen molar-refractivity contribution in [1.82, 2.24) is 5.32 Å². The standard InChI is InChI=1S/C28H21N3O3S/c1-17-10-12-18(13-11-17)26(33)31-23-9-5-4-8-22(23)25(27(31)34)30-28(35)29-16-21-14-19-6-2-3-7-20(19)15-24(21)32/h2-15,32H,16H2,1H3,(H,29,35)/b30-25-. The van der Waals surface area contributed by atoms with Crippen LogP contribution in [0.25, 0.3) is 10.8 Å². The van der Waals surface area contributed by atoms with Crippen molar-refractivity contribution in [2.45, 2.75) is 13.5 Å². The second kappa shape index (κ2) is 9.12. The quantitative estimate of drug-likeness (QED) is 0.323. The largest absolute Gasteiger partial charge is 0.508 e. The number of benzene rings is 4. The predicted molar refractivity (Wildman–Crippen MR) is 141 cm³/mol. The third-order valence-corrected chi connectivity index (χ3v) is 6.13. The second-order valence-electron chi connectivity index (χ2n) is 8.28. The topological polar surface area (TPSA) is 82.0 Å². The highest BCUT2D eigenvalue weighted by molar-refractivity contribution is 7.80. The summed E-state index contributed by atoms with van der Waals surface area (Å²) in [4.78, 5) is 32.0. The molecule has 0 bridgehead atoms. The van der Waals surface area contributed by atoms with E-state index < -0.39 is 11.8 Å². The molecule has 2 N–H and O–H groups in total. The highest BCUT2D eigenvalue weighted by Crippen LogP contribution is 2.31. The van der Waals surface area contributed by atoms with E-state index in [1.165, 1.54) is 0 Å². The number of fused-ring (bicyclic) bond motifs is 2. The van der Waals surface area contributed by atoms with Gasteiger partial charge in [-0.05, 0) is 60.2 Å². The number of hydrogen-bond donors (Lipinski definition) is 2. The van der Waals surface area contributed by atoms with Crippen LogP contribution in [0.15, 0.2) is 89.9 Å². The van der Waals surface area contributed by atoms with Gasteiger partial charge < -0.3 is 10.4 Å². The molecule has 0 saturated heterocycles. The normalized spacial score (nSPS) is 13.8. The van der Waals surface area contributed by atoms with Gasteiger partial charge >= 0.3 is 0 Å². The molecule has 35 heavy (non-hydrogen) atoms. The summed E-state index contributed by atoms with van der Waals surface area (Å²) >= 11 is 5.39. The Morgan fingerprint density at radius 2 is 1.63 bits per heavy atom. The fourth-order valence-corrected chi connectivity index (χ4v) is 4.23. The second-order valence-corrected chi connectivity index (χ2v) is 8.66. The number of hydrogen-bond acceptors (Lipinski definition) is 4. The minimum absolute atomic E-state index is 0.0837. The Hall–Kier alpha value is -4.36. The van der Waals surface area contributed by atoms with Crippen LogP contribution in [0.4, 0.5) is 5.69 Å². The number of phenolic OH excluding ortho intramolecular Hbond substituents is 1. The molecule has 5 rings (SSSR count). The van der Waals surface area contributed by atoms with Crippen molar-refractivity contribution >= 4 is 51.3 Å². The van der Waals surface area contributed by atoms with Crippen LogP contribution in [0.3, 0.4) is 0 Å². The molecule has 0 unspecified atom stereocenters. The molecule has 0 aliphatic carbocycles. The Balaban J connectivity index is 1.40. The van der Waals surface area contributed by atoms with Crippen molar-refractivity contribution in [3.05, 3.63) is 107 Å². The molecular formula is C28H21N3O3S. The number of carbonyl (C=O) groups is 2. The van der Waals surface area contributed by atoms with E-state index >= 15 is 0 Å². The number of phenols is 1. The number of nitrogens with zero attached hydrogens (tertiary/aromatic N) is 2. The van der Waals surface area contributed by atoms with E-state index in [0.717, 1.165) is 21.2 Å². The summed E-state index contributed by atoms with van der Waals surface area (Å²) in [5.41, 5.74) is 3.19. The Labute approximate surface area is 207 Å². The lowest BCUT2D eigenvalue weighted by molar-refractivity contribution is -0.111. The Kier molecular flexibility index (Phi) is 5.84. The van der Waals surface area contributed by atoms with Crippen molar-refractivity contribution in [3.8, 4) is 5.75 Å². The van der Waals surface area contributed by atoms with E-state index in [0.29, 0.717) is 22.4 Å². The third kappa shape index (κ3) is 4.29. The molecule has 0 radical (unpaired) electrons. The SMILES string of the molecule is Cc1ccc(C(=O)N2C(=O)/C(=N\C(=S)NCc3cc4ccccc4cc3O)c3ccccc32)cc1. The molecule has 1 aliphatic rings. The highest BCUT2D eigenvalue weighted by Gasteiger charge is 2.38. The summed E-state index contributed by atoms with van der Waals surface area (Å²) in [5.74, 6) is -0.814. The van der Waals surface area contributed by atoms with Crippen molar-refractivity contribution in [3.63, 3.8) is 0 Å². The third-order valence-electron chi connectivity index (χ3n) is 5.90. The number of para-hydroxylation sites is 1. The zero-order valence-corrected chi connectivity index (χ0v) is 19.7. The van der Waals surface area contributed by atoms with Gasteiger partial charge in [0.1, 0.15) is 11.5 Å². The van der Waals surface area contributed by atoms with Crippen molar-refractivity contribution in [2.24, 2.45) is 4.99 Å². The molecule has 0 spiro atoms. The van der Waals surface area contributed by atoms with Gasteiger partial charge in [0.15, 0.2) is 5.11 Å². The molecule has 6 nitrogen and oxygen atoms in total. The number of amides is 2. The molecule has 0 atom stereocenters. The van der Waals surface area contributed by atoms with Gasteiger partial charge in [-0.2, -0.15) is 0 Å². The lowest BCUT2D eigenvalue weighted by atomic mass is 10.1. The zero-order valence-electron chi connectivity index (χ0n) is 18.9. The van der Waals surface area contributed by atoms with Gasteiger partial charge in [0.2, 0.25) is 0 Å². The Morgan fingerprint density at radius 3 is 2.37 bits per heavy atom. The maximum absolute atomic E-state index is 13.3. The first-order valence-electron chi connectivity index (χ1n) is 11.0. The van der Waals surface area contributed by atoms with Gasteiger partial charge in [-0.15, -0.1) is 0 Å². The molecule has 2 amide bonds. The number of anilines is 1. The van der Waals surface area contributed by atoms with E-state index in [9.17, 15) is 14.7 Å². The maximum atomic E-state index is 13.3. The molecule has 7 heteroatoms. The lowest BCUT2D eigenvalue weighted by Crippen LogP contribution is -2.36. The van der Waals surface area contributed by atoms with E-state index in [4.69, 9.17) is 12.2 Å². The fraction of sp³-hybridized carbons (Fsp3) is 0.0714. The predicted octanol–water partition coefficient (Wildman–Crippen LogP) is 4.90. The van der Waals surface area contributed by atoms with E-state index in [1.807, 2.05) is 49.4 Å². The van der Waals surface area contributed by atoms with Gasteiger partial charge in [-0.1, -0.05) is 60.2 Å². The molecule has 0 saturated carbocycles. The average Bonchev–Trinajstić information content (AvgIpc) is 3.13. The Bertz CT molecular complexity index is 1530. The molecule has 172 valence electrons. The highest BCUT2D eigenvalue weighted by atomic mass is 32.1. The molecule has 0 fully saturated rings. The van der Waals surface area contributed by atoms with E-state index in [-0.39, 0.29) is 23.1 Å². The van der Waals surface area contributed by atoms with Crippen LogP contribution in [0.1, 0.15) is 27.0 Å². The molecular weight excluding hydrogens is 458 g/mol. The molecule has 1 heterocycles. The summed E-state index contributed by atoms with van der Waals surface area (Å²) in [6, 6.07) is 25.4. The van der Waals surface area contributed by atoms with Crippen LogP contribution in [-0.2, 0) is 11.3 Å². The first-order chi connectivity index (χ1) is 16.9. The number of imide groups is 1. The van der Waals surface area contributed by atoms with Crippen molar-refractivity contribution < 1.29 is 14.7 Å². The van der Waals surface area contributed by atoms with Crippen LogP contribution in [0.5, 0.6) is 5.75 Å². The monoisotopic (exact) mass is 479 g/mol. The summed E-state index contributed by atoms with van der Waals surface area (Å²) in [6.07, 6.45) is 0. The van der Waals surface area contributed by atoms with Crippen LogP contribution in [0.2, 0.25) is 0 Å². The Morgan fingerprint density at radius 1 is 0.971 bits per heavy atom. The van der Waals surface area contributed by atoms with Crippen LogP contribution >= 0.6 is 12.2 Å². The fourth-order valence-electron chi connectivity index (χ4n) is 4.06. The number of aromatic hydroxyl groups is 1. The first-order valence-corrected chi connectivity index (χ1v) is 11.5. The maximum Gasteiger partial charge on any atom is 0.284 e. The number of carbonyl (C=O) groups excluding carboxylic acids is 2. The molecule has 0 aromatic heterocycles. The number of aliphatic imine (C=N–C) groups is 1. The van der Waals surface area contributed by atoms with Gasteiger partial charge in [-0.3, -0.25) is 9.59 Å². The molecule has 4 aromatic carbocycles. The first kappa shape index (κ1) is 22.4. The van der Waals surface area contributed by atoms with Crippen LogP contribution in [-0.4, -0.2) is 27.7 Å². The molecule has 1 aliphatic heterocycles. The minimum atomic E-state index is -0.533. The summed E-state index contributed by atoms with van der Waals surface area (Å²) in [6.45, 7) is 2.16. The lowest BCUT2D eigenvalue weighted by Gasteiger charge is -2.15. The van der Waals surface area contributed by atoms with Crippen LogP contribution in [0, 0.1) is 6.92 Å². The summed E-state index contributed by atoms with van der Waals surface area (Å²) < 4.78 is 0. The number of aryl methyl sites for hydroxylation is 1. The number of nitrogens with one attached hydrogen (secondary N) is 1. The average molecular weight is 480 g/mol. The van der Waals surface area contributed by atoms with Gasteiger partial charge in [0.05, 0.1) is 5.69 Å². The van der Waals surface area contributed by atoms with Crippen molar-refractivity contribution in [1.29, 1.82) is 0 Å². The van der Waals surface area contributed by atoms with Crippen molar-refractivity contribution in [2.75, 3.05) is 4.90 Å². The zero-order chi connectivity index (χ0) is 24.5. The van der Waals surface area contributed by atoms with Gasteiger partial charge in [-0.25, -0.2) is 9.89 Å². The number of thiocarbonyl (C=S) groups is 1. The van der Waals surface area contributed by atoms with E-state index in [2.05, 4.69) is 10.3 Å². The van der Waals surface area contributed by atoms with E-state index in [1.54, 1.807) is 42.5 Å². The van der Waals surface area contributed by atoms with Gasteiger partial charge in [0, 0.05) is 23.2 Å².